The predicted molar refractivity (Wildman–Crippen MR) is 145 cm³/mol. The number of halogens is 5. The first-order valence-corrected chi connectivity index (χ1v) is 12.2. The number of carbonyl (C=O) groups is 1. The molecule has 206 valence electrons. The molecule has 1 fully saturated rings. The highest BCUT2D eigenvalue weighted by molar-refractivity contribution is 6.31. The van der Waals surface area contributed by atoms with Gasteiger partial charge in [0.05, 0.1) is 25.2 Å². The van der Waals surface area contributed by atoms with Crippen molar-refractivity contribution in [2.75, 3.05) is 26.2 Å². The minimum absolute atomic E-state index is 0. The van der Waals surface area contributed by atoms with Crippen molar-refractivity contribution in [2.45, 2.75) is 25.6 Å². The highest BCUT2D eigenvalue weighted by Crippen LogP contribution is 2.21. The Hall–Kier alpha value is -3.12. The number of nitrogens with one attached hydrogen (secondary N) is 3. The number of nitrogens with two attached hydrogens (primary N) is 1. The van der Waals surface area contributed by atoms with Crippen LogP contribution in [0.3, 0.4) is 0 Å². The number of urea groups is 1. The van der Waals surface area contributed by atoms with Crippen LogP contribution in [0, 0.1) is 5.41 Å². The zero-order chi connectivity index (χ0) is 27.0. The van der Waals surface area contributed by atoms with Gasteiger partial charge < -0.3 is 22.5 Å². The van der Waals surface area contributed by atoms with Gasteiger partial charge >= 0.3 is 12.2 Å². The fourth-order valence-electron chi connectivity index (χ4n) is 3.67. The van der Waals surface area contributed by atoms with E-state index in [0.29, 0.717) is 41.8 Å². The molecule has 0 saturated carbocycles. The standard InChI is InChI=1S/C25H27Cl2F3N6O.H3N/c26-18-7-5-16(6-8-18)23(32)36(12-10-25(28,29)30)24(37)35-14-21(31)19-9-11-33-15-22(19)34-13-17-3-1-2-4-20(17)27;/h1-8,32-33H,9-15,31H2,(H,35,37);1H3/b21-19-,32-23?,34-22?;. The summed E-state index contributed by atoms with van der Waals surface area (Å²) in [6.07, 6.45) is -5.19. The first-order valence-electron chi connectivity index (χ1n) is 11.5. The number of piperidine rings is 1. The summed E-state index contributed by atoms with van der Waals surface area (Å²) < 4.78 is 38.8. The zero-order valence-corrected chi connectivity index (χ0v) is 22.1. The number of benzene rings is 2. The number of hydrogen-bond acceptors (Lipinski definition) is 6. The van der Waals surface area contributed by atoms with Gasteiger partial charge in [0.1, 0.15) is 5.84 Å². The molecule has 38 heavy (non-hydrogen) atoms. The van der Waals surface area contributed by atoms with Crippen molar-refractivity contribution in [2.24, 2.45) is 10.7 Å². The highest BCUT2D eigenvalue weighted by atomic mass is 35.5. The van der Waals surface area contributed by atoms with Crippen molar-refractivity contribution >= 4 is 40.8 Å². The van der Waals surface area contributed by atoms with Gasteiger partial charge in [0, 0.05) is 34.4 Å². The fourth-order valence-corrected chi connectivity index (χ4v) is 3.99. The summed E-state index contributed by atoms with van der Waals surface area (Å²) in [6, 6.07) is 12.4. The molecule has 0 radical (unpaired) electrons. The molecule has 0 atom stereocenters. The Morgan fingerprint density at radius 3 is 2.50 bits per heavy atom. The molecule has 2 aromatic carbocycles. The highest BCUT2D eigenvalue weighted by Gasteiger charge is 2.31. The molecule has 0 spiro atoms. The molecule has 3 rings (SSSR count). The second-order valence-corrected chi connectivity index (χ2v) is 9.16. The fraction of sp³-hybridized carbons (Fsp3) is 0.320. The van der Waals surface area contributed by atoms with Crippen LogP contribution in [0.2, 0.25) is 10.0 Å². The summed E-state index contributed by atoms with van der Waals surface area (Å²) in [5, 5.41) is 15.1. The molecule has 1 saturated heterocycles. The largest absolute Gasteiger partial charge is 0.400 e. The Kier molecular flexibility index (Phi) is 11.6. The van der Waals surface area contributed by atoms with E-state index < -0.39 is 25.2 Å². The summed E-state index contributed by atoms with van der Waals surface area (Å²) in [5.41, 5.74) is 9.24. The first kappa shape index (κ1) is 31.1. The average molecular weight is 572 g/mol. The maximum Gasteiger partial charge on any atom is 0.390 e. The van der Waals surface area contributed by atoms with Crippen molar-refractivity contribution in [3.63, 3.8) is 0 Å². The Morgan fingerprint density at radius 2 is 1.84 bits per heavy atom. The number of amides is 2. The van der Waals surface area contributed by atoms with E-state index in [4.69, 9.17) is 34.3 Å². The molecule has 2 amide bonds. The molecule has 0 aliphatic carbocycles. The molecule has 2 aromatic rings. The molecular weight excluding hydrogens is 542 g/mol. The van der Waals surface area contributed by atoms with E-state index in [1.807, 2.05) is 18.2 Å². The molecule has 1 aliphatic heterocycles. The van der Waals surface area contributed by atoms with Crippen molar-refractivity contribution in [1.82, 2.24) is 21.7 Å². The van der Waals surface area contributed by atoms with E-state index in [0.717, 1.165) is 21.7 Å². The molecular formula is C25H30Cl2F3N7O. The number of alkyl halides is 3. The Labute approximate surface area is 229 Å². The van der Waals surface area contributed by atoms with Gasteiger partial charge in [0.25, 0.3) is 0 Å². The number of aliphatic imine (C=N–C) groups is 1. The van der Waals surface area contributed by atoms with E-state index in [9.17, 15) is 18.0 Å². The van der Waals surface area contributed by atoms with Gasteiger partial charge in [-0.1, -0.05) is 41.4 Å². The van der Waals surface area contributed by atoms with Crippen molar-refractivity contribution in [3.05, 3.63) is 81.0 Å². The quantitative estimate of drug-likeness (QED) is 0.227. The number of amidine groups is 1. The topological polar surface area (TPSA) is 142 Å². The van der Waals surface area contributed by atoms with Gasteiger partial charge in [-0.2, -0.15) is 13.2 Å². The maximum absolute atomic E-state index is 12.9. The second-order valence-electron chi connectivity index (χ2n) is 8.32. The van der Waals surface area contributed by atoms with E-state index in [1.165, 1.54) is 24.3 Å². The lowest BCUT2D eigenvalue weighted by molar-refractivity contribution is -0.135. The van der Waals surface area contributed by atoms with Crippen LogP contribution in [0.25, 0.3) is 0 Å². The van der Waals surface area contributed by atoms with Gasteiger partial charge in [0.2, 0.25) is 0 Å². The molecule has 13 heteroatoms. The normalized spacial score (nSPS) is 16.0. The van der Waals surface area contributed by atoms with E-state index in [-0.39, 0.29) is 24.1 Å². The molecule has 0 unspecified atom stereocenters. The van der Waals surface area contributed by atoms with Gasteiger partial charge in [-0.25, -0.2) is 4.79 Å². The van der Waals surface area contributed by atoms with Gasteiger partial charge in [-0.05, 0) is 54.4 Å². The van der Waals surface area contributed by atoms with Gasteiger partial charge in [-0.15, -0.1) is 0 Å². The van der Waals surface area contributed by atoms with Crippen LogP contribution < -0.4 is 22.5 Å². The Balaban J connectivity index is 0.00000507. The molecule has 0 aromatic heterocycles. The lowest BCUT2D eigenvalue weighted by Gasteiger charge is -2.25. The lowest BCUT2D eigenvalue weighted by atomic mass is 10.0. The smallest absolute Gasteiger partial charge is 0.390 e. The Morgan fingerprint density at radius 1 is 1.16 bits per heavy atom. The zero-order valence-electron chi connectivity index (χ0n) is 20.5. The van der Waals surface area contributed by atoms with Gasteiger partial charge in [-0.3, -0.25) is 15.3 Å². The summed E-state index contributed by atoms with van der Waals surface area (Å²) in [7, 11) is 0. The van der Waals surface area contributed by atoms with E-state index in [2.05, 4.69) is 15.6 Å². The summed E-state index contributed by atoms with van der Waals surface area (Å²) in [4.78, 5) is 18.3. The van der Waals surface area contributed by atoms with Crippen LogP contribution in [0.5, 0.6) is 0 Å². The first-order chi connectivity index (χ1) is 17.5. The molecule has 1 aliphatic rings. The third kappa shape index (κ3) is 9.02. The van der Waals surface area contributed by atoms with Crippen LogP contribution in [-0.4, -0.2) is 54.8 Å². The number of hydrogen-bond donors (Lipinski definition) is 5. The van der Waals surface area contributed by atoms with E-state index in [1.54, 1.807) is 6.07 Å². The van der Waals surface area contributed by atoms with Crippen molar-refractivity contribution < 1.29 is 18.0 Å². The molecule has 1 heterocycles. The summed E-state index contributed by atoms with van der Waals surface area (Å²) in [6.45, 7) is 0.655. The maximum atomic E-state index is 12.9. The van der Waals surface area contributed by atoms with E-state index >= 15 is 0 Å². The van der Waals surface area contributed by atoms with Crippen LogP contribution >= 0.6 is 23.2 Å². The van der Waals surface area contributed by atoms with Crippen LogP contribution in [0.1, 0.15) is 24.0 Å². The SMILES string of the molecule is N.N=C(c1ccc(Cl)cc1)N(CCC(F)(F)F)C(=O)NC/C(N)=C1\CCNCC1=NCc1ccccc1Cl. The number of nitrogens with zero attached hydrogens (tertiary/aromatic N) is 2. The molecule has 8 N–H and O–H groups in total. The Bertz CT molecular complexity index is 1180. The minimum Gasteiger partial charge on any atom is -0.400 e. The minimum atomic E-state index is -4.50. The molecule has 0 bridgehead atoms. The van der Waals surface area contributed by atoms with Gasteiger partial charge in [0.15, 0.2) is 0 Å². The predicted octanol–water partition coefficient (Wildman–Crippen LogP) is 5.29. The molecule has 8 nitrogen and oxygen atoms in total. The van der Waals surface area contributed by atoms with Crippen molar-refractivity contribution in [1.29, 1.82) is 5.41 Å². The van der Waals surface area contributed by atoms with Crippen molar-refractivity contribution in [3.8, 4) is 0 Å². The number of carbonyl (C=O) groups excluding carboxylic acids is 1. The second kappa shape index (κ2) is 14.1. The number of rotatable bonds is 7. The third-order valence-electron chi connectivity index (χ3n) is 5.66. The summed E-state index contributed by atoms with van der Waals surface area (Å²) in [5.74, 6) is -0.381. The summed E-state index contributed by atoms with van der Waals surface area (Å²) >= 11 is 12.1. The van der Waals surface area contributed by atoms with Crippen LogP contribution in [-0.2, 0) is 6.54 Å². The van der Waals surface area contributed by atoms with Crippen LogP contribution in [0.15, 0.2) is 64.8 Å². The monoisotopic (exact) mass is 571 g/mol. The van der Waals surface area contributed by atoms with Crippen LogP contribution in [0.4, 0.5) is 18.0 Å². The average Bonchev–Trinajstić information content (AvgIpc) is 2.86. The lowest BCUT2D eigenvalue weighted by Crippen LogP contribution is -2.46. The third-order valence-corrected chi connectivity index (χ3v) is 6.28.